The Morgan fingerprint density at radius 1 is 1.50 bits per heavy atom. The molecule has 1 aliphatic heterocycles. The van der Waals surface area contributed by atoms with Crippen molar-refractivity contribution in [3.8, 4) is 0 Å². The number of aromatic nitrogens is 2. The lowest BCUT2D eigenvalue weighted by Gasteiger charge is -2.20. The maximum Gasteiger partial charge on any atom is 0.225 e. The number of nitrogens with one attached hydrogen (secondary N) is 2. The topological polar surface area (TPSA) is 67.0 Å². The van der Waals surface area contributed by atoms with Gasteiger partial charge in [-0.05, 0) is 31.6 Å². The molecule has 1 unspecified atom stereocenters. The van der Waals surface area contributed by atoms with E-state index in [1.165, 1.54) is 12.8 Å². The maximum absolute atomic E-state index is 11.7. The average Bonchev–Trinajstić information content (AvgIpc) is 3.06. The largest absolute Gasteiger partial charge is 0.381 e. The van der Waals surface area contributed by atoms with E-state index in [0.717, 1.165) is 31.7 Å². The van der Waals surface area contributed by atoms with Gasteiger partial charge in [0.1, 0.15) is 0 Å². The molecule has 2 fully saturated rings. The first-order valence-corrected chi connectivity index (χ1v) is 6.74. The van der Waals surface area contributed by atoms with Crippen molar-refractivity contribution in [1.29, 1.82) is 0 Å². The number of amides is 1. The molecule has 0 bridgehead atoms. The third kappa shape index (κ3) is 2.90. The van der Waals surface area contributed by atoms with E-state index in [4.69, 9.17) is 4.74 Å². The fourth-order valence-electron chi connectivity index (χ4n) is 2.37. The van der Waals surface area contributed by atoms with Crippen LogP contribution in [0.2, 0.25) is 0 Å². The monoisotopic (exact) mass is 249 g/mol. The van der Waals surface area contributed by atoms with Crippen LogP contribution in [0.1, 0.15) is 43.7 Å². The summed E-state index contributed by atoms with van der Waals surface area (Å²) in [7, 11) is 0. The van der Waals surface area contributed by atoms with E-state index in [2.05, 4.69) is 15.5 Å². The quantitative estimate of drug-likeness (QED) is 0.858. The van der Waals surface area contributed by atoms with E-state index in [1.807, 2.05) is 6.07 Å². The Hall–Kier alpha value is -1.36. The highest BCUT2D eigenvalue weighted by molar-refractivity contribution is 5.90. The van der Waals surface area contributed by atoms with Gasteiger partial charge >= 0.3 is 0 Å². The molecule has 0 spiro atoms. The first kappa shape index (κ1) is 11.7. The van der Waals surface area contributed by atoms with Gasteiger partial charge in [0, 0.05) is 30.7 Å². The molecule has 98 valence electrons. The lowest BCUT2D eigenvalue weighted by atomic mass is 9.99. The number of hydrogen-bond donors (Lipinski definition) is 2. The highest BCUT2D eigenvalue weighted by atomic mass is 16.5. The molecule has 3 rings (SSSR count). The van der Waals surface area contributed by atoms with E-state index in [1.54, 1.807) is 0 Å². The van der Waals surface area contributed by atoms with Crippen LogP contribution in [-0.2, 0) is 9.53 Å². The van der Waals surface area contributed by atoms with Crippen LogP contribution in [0.3, 0.4) is 0 Å². The predicted octanol–water partition coefficient (Wildman–Crippen LogP) is 2.04. The van der Waals surface area contributed by atoms with Gasteiger partial charge in [0.05, 0.1) is 6.61 Å². The summed E-state index contributed by atoms with van der Waals surface area (Å²) in [6.45, 7) is 1.60. The zero-order valence-electron chi connectivity index (χ0n) is 10.4. The summed E-state index contributed by atoms with van der Waals surface area (Å²) in [6.07, 6.45) is 5.23. The van der Waals surface area contributed by atoms with Crippen LogP contribution in [0.25, 0.3) is 0 Å². The molecule has 1 saturated heterocycles. The Balaban J connectivity index is 1.56. The van der Waals surface area contributed by atoms with Gasteiger partial charge in [0.25, 0.3) is 0 Å². The third-order valence-corrected chi connectivity index (χ3v) is 3.64. The SMILES string of the molecule is O=C(CC1CC1)Nc1cc(C2CCCOC2)[nH]n1. The van der Waals surface area contributed by atoms with Crippen LogP contribution in [0.15, 0.2) is 6.07 Å². The molecular formula is C13H19N3O2. The van der Waals surface area contributed by atoms with Gasteiger partial charge in [0.15, 0.2) is 5.82 Å². The summed E-state index contributed by atoms with van der Waals surface area (Å²) in [5.41, 5.74) is 1.07. The number of rotatable bonds is 4. The fourth-order valence-corrected chi connectivity index (χ4v) is 2.37. The van der Waals surface area contributed by atoms with Crippen LogP contribution in [0.5, 0.6) is 0 Å². The van der Waals surface area contributed by atoms with Crippen molar-refractivity contribution in [3.05, 3.63) is 11.8 Å². The van der Waals surface area contributed by atoms with E-state index < -0.39 is 0 Å². The van der Waals surface area contributed by atoms with Crippen LogP contribution in [-0.4, -0.2) is 29.3 Å². The first-order chi connectivity index (χ1) is 8.81. The van der Waals surface area contributed by atoms with Crippen LogP contribution in [0, 0.1) is 5.92 Å². The van der Waals surface area contributed by atoms with Gasteiger partial charge in [-0.15, -0.1) is 0 Å². The lowest BCUT2D eigenvalue weighted by molar-refractivity contribution is -0.116. The molecule has 0 radical (unpaired) electrons. The van der Waals surface area contributed by atoms with Crippen molar-refractivity contribution >= 4 is 11.7 Å². The Kier molecular flexibility index (Phi) is 3.32. The van der Waals surface area contributed by atoms with Crippen molar-refractivity contribution < 1.29 is 9.53 Å². The standard InChI is InChI=1S/C13H19N3O2/c17-13(6-9-3-4-9)14-12-7-11(15-16-12)10-2-1-5-18-8-10/h7,9-10H,1-6,8H2,(H2,14,15,16,17). The number of carbonyl (C=O) groups excluding carboxylic acids is 1. The summed E-state index contributed by atoms with van der Waals surface area (Å²) < 4.78 is 5.45. The van der Waals surface area contributed by atoms with Crippen molar-refractivity contribution in [2.24, 2.45) is 5.92 Å². The fraction of sp³-hybridized carbons (Fsp3) is 0.692. The zero-order chi connectivity index (χ0) is 12.4. The molecule has 1 saturated carbocycles. The normalized spacial score (nSPS) is 23.9. The average molecular weight is 249 g/mol. The Bertz CT molecular complexity index is 420. The number of nitrogens with zero attached hydrogens (tertiary/aromatic N) is 1. The summed E-state index contributed by atoms with van der Waals surface area (Å²) in [6, 6.07) is 1.93. The molecular weight excluding hydrogens is 230 g/mol. The second-order valence-electron chi connectivity index (χ2n) is 5.32. The van der Waals surface area contributed by atoms with Crippen molar-refractivity contribution in [2.45, 2.75) is 38.0 Å². The van der Waals surface area contributed by atoms with Gasteiger partial charge in [-0.2, -0.15) is 5.10 Å². The maximum atomic E-state index is 11.7. The molecule has 5 heteroatoms. The minimum Gasteiger partial charge on any atom is -0.381 e. The summed E-state index contributed by atoms with van der Waals surface area (Å²) in [4.78, 5) is 11.7. The van der Waals surface area contributed by atoms with Crippen molar-refractivity contribution in [3.63, 3.8) is 0 Å². The van der Waals surface area contributed by atoms with Crippen molar-refractivity contribution in [2.75, 3.05) is 18.5 Å². The summed E-state index contributed by atoms with van der Waals surface area (Å²) >= 11 is 0. The molecule has 2 aliphatic rings. The van der Waals surface area contributed by atoms with E-state index >= 15 is 0 Å². The van der Waals surface area contributed by atoms with Gasteiger partial charge < -0.3 is 10.1 Å². The molecule has 1 aromatic rings. The zero-order valence-corrected chi connectivity index (χ0v) is 10.4. The predicted molar refractivity (Wildman–Crippen MR) is 67.4 cm³/mol. The van der Waals surface area contributed by atoms with Crippen LogP contribution < -0.4 is 5.32 Å². The second-order valence-corrected chi connectivity index (χ2v) is 5.32. The lowest BCUT2D eigenvalue weighted by Crippen LogP contribution is -2.15. The second kappa shape index (κ2) is 5.10. The Labute approximate surface area is 106 Å². The number of hydrogen-bond acceptors (Lipinski definition) is 3. The molecule has 1 atom stereocenters. The first-order valence-electron chi connectivity index (χ1n) is 6.74. The molecule has 1 amide bonds. The van der Waals surface area contributed by atoms with Crippen LogP contribution in [0.4, 0.5) is 5.82 Å². The highest BCUT2D eigenvalue weighted by Gasteiger charge is 2.25. The van der Waals surface area contributed by atoms with Gasteiger partial charge in [0.2, 0.25) is 5.91 Å². The van der Waals surface area contributed by atoms with Crippen molar-refractivity contribution in [1.82, 2.24) is 10.2 Å². The summed E-state index contributed by atoms with van der Waals surface area (Å²) in [5.74, 6) is 1.71. The molecule has 2 N–H and O–H groups in total. The minimum atomic E-state index is 0.0791. The molecule has 1 aromatic heterocycles. The minimum absolute atomic E-state index is 0.0791. The molecule has 2 heterocycles. The van der Waals surface area contributed by atoms with Gasteiger partial charge in [-0.3, -0.25) is 9.89 Å². The summed E-state index contributed by atoms with van der Waals surface area (Å²) in [5, 5.41) is 10.0. The number of carbonyl (C=O) groups is 1. The van der Waals surface area contributed by atoms with E-state index in [-0.39, 0.29) is 5.91 Å². The highest BCUT2D eigenvalue weighted by Crippen LogP contribution is 2.32. The number of H-pyrrole nitrogens is 1. The molecule has 18 heavy (non-hydrogen) atoms. The molecule has 1 aliphatic carbocycles. The molecule has 0 aromatic carbocycles. The van der Waals surface area contributed by atoms with E-state index in [9.17, 15) is 4.79 Å². The van der Waals surface area contributed by atoms with Gasteiger partial charge in [-0.25, -0.2) is 0 Å². The smallest absolute Gasteiger partial charge is 0.225 e. The molecule has 5 nitrogen and oxygen atoms in total. The Morgan fingerprint density at radius 3 is 3.11 bits per heavy atom. The number of aromatic amines is 1. The third-order valence-electron chi connectivity index (χ3n) is 3.64. The van der Waals surface area contributed by atoms with E-state index in [0.29, 0.717) is 24.1 Å². The van der Waals surface area contributed by atoms with Crippen LogP contribution >= 0.6 is 0 Å². The van der Waals surface area contributed by atoms with Gasteiger partial charge in [-0.1, -0.05) is 0 Å². The number of ether oxygens (including phenoxy) is 1. The number of anilines is 1. The Morgan fingerprint density at radius 2 is 2.39 bits per heavy atom.